The fourth-order valence-electron chi connectivity index (χ4n) is 2.77. The van der Waals surface area contributed by atoms with Crippen molar-refractivity contribution < 1.29 is 4.79 Å². The van der Waals surface area contributed by atoms with Crippen LogP contribution in [-0.4, -0.2) is 33.1 Å². The zero-order valence-corrected chi connectivity index (χ0v) is 11.6. The Balaban J connectivity index is 2.03. The fraction of sp³-hybridized carbons (Fsp3) is 0.714. The molecule has 1 saturated heterocycles. The number of aromatic nitrogens is 2. The zero-order valence-electron chi connectivity index (χ0n) is 11.6. The summed E-state index contributed by atoms with van der Waals surface area (Å²) in [5.41, 5.74) is 2.40. The summed E-state index contributed by atoms with van der Waals surface area (Å²) < 4.78 is 1.97. The Hall–Kier alpha value is -1.16. The minimum atomic E-state index is 0.297. The summed E-state index contributed by atoms with van der Waals surface area (Å²) >= 11 is 0. The molecule has 0 aromatic carbocycles. The van der Waals surface area contributed by atoms with Crippen molar-refractivity contribution in [3.8, 4) is 0 Å². The molecule has 1 aromatic heterocycles. The van der Waals surface area contributed by atoms with E-state index in [0.29, 0.717) is 18.2 Å². The van der Waals surface area contributed by atoms with Gasteiger partial charge in [0.05, 0.1) is 11.4 Å². The summed E-state index contributed by atoms with van der Waals surface area (Å²) in [5.74, 6) is 0.297. The highest BCUT2D eigenvalue weighted by atomic mass is 16.1. The van der Waals surface area contributed by atoms with Crippen LogP contribution in [0.15, 0.2) is 6.07 Å². The Kier molecular flexibility index (Phi) is 4.17. The Morgan fingerprint density at radius 2 is 2.33 bits per heavy atom. The van der Waals surface area contributed by atoms with Gasteiger partial charge in [0.15, 0.2) is 0 Å². The predicted molar refractivity (Wildman–Crippen MR) is 71.3 cm³/mol. The van der Waals surface area contributed by atoms with Crippen LogP contribution in [0.3, 0.4) is 0 Å². The number of carbonyl (C=O) groups excluding carboxylic acids is 1. The van der Waals surface area contributed by atoms with Crippen LogP contribution in [0, 0.1) is 0 Å². The first-order valence-electron chi connectivity index (χ1n) is 6.85. The van der Waals surface area contributed by atoms with Gasteiger partial charge in [-0.05, 0) is 38.8 Å². The lowest BCUT2D eigenvalue weighted by molar-refractivity contribution is -0.118. The third-order valence-corrected chi connectivity index (χ3v) is 3.78. The van der Waals surface area contributed by atoms with Gasteiger partial charge in [0.2, 0.25) is 0 Å². The van der Waals surface area contributed by atoms with Gasteiger partial charge in [-0.1, -0.05) is 6.92 Å². The average molecular weight is 249 g/mol. The molecule has 100 valence electrons. The number of nitrogens with zero attached hydrogens (tertiary/aromatic N) is 3. The van der Waals surface area contributed by atoms with Gasteiger partial charge < -0.3 is 0 Å². The van der Waals surface area contributed by atoms with Gasteiger partial charge in [-0.3, -0.25) is 14.4 Å². The number of carbonyl (C=O) groups is 1. The van der Waals surface area contributed by atoms with Gasteiger partial charge in [0, 0.05) is 26.1 Å². The van der Waals surface area contributed by atoms with E-state index in [-0.39, 0.29) is 0 Å². The van der Waals surface area contributed by atoms with Crippen LogP contribution >= 0.6 is 0 Å². The van der Waals surface area contributed by atoms with E-state index < -0.39 is 0 Å². The summed E-state index contributed by atoms with van der Waals surface area (Å²) in [4.78, 5) is 13.7. The number of likely N-dealkylation sites (tertiary alicyclic amines) is 1. The molecular formula is C14H23N3O. The quantitative estimate of drug-likeness (QED) is 0.800. The van der Waals surface area contributed by atoms with Crippen LogP contribution in [0.2, 0.25) is 0 Å². The molecule has 0 spiro atoms. The lowest BCUT2D eigenvalue weighted by Crippen LogP contribution is -2.31. The minimum absolute atomic E-state index is 0.297. The number of Topliss-reactive ketones (excluding diaryl/α,β-unsaturated/α-hetero) is 1. The lowest BCUT2D eigenvalue weighted by atomic mass is 10.1. The highest BCUT2D eigenvalue weighted by Gasteiger charge is 2.26. The molecule has 1 unspecified atom stereocenters. The highest BCUT2D eigenvalue weighted by Crippen LogP contribution is 2.22. The molecule has 1 aliphatic heterocycles. The molecule has 1 aliphatic rings. The Morgan fingerprint density at radius 3 is 2.94 bits per heavy atom. The molecule has 0 N–H and O–H groups in total. The maximum Gasteiger partial charge on any atom is 0.131 e. The van der Waals surface area contributed by atoms with E-state index in [9.17, 15) is 4.79 Å². The van der Waals surface area contributed by atoms with Crippen molar-refractivity contribution in [1.29, 1.82) is 0 Å². The van der Waals surface area contributed by atoms with Crippen molar-refractivity contribution in [3.63, 3.8) is 0 Å². The zero-order chi connectivity index (χ0) is 13.1. The normalized spacial score (nSPS) is 20.5. The van der Waals surface area contributed by atoms with E-state index in [4.69, 9.17) is 0 Å². The average Bonchev–Trinajstić information content (AvgIpc) is 2.87. The summed E-state index contributed by atoms with van der Waals surface area (Å²) in [5, 5.41) is 4.48. The fourth-order valence-corrected chi connectivity index (χ4v) is 2.77. The van der Waals surface area contributed by atoms with Crippen molar-refractivity contribution in [2.75, 3.05) is 6.54 Å². The Bertz CT molecular complexity index is 425. The van der Waals surface area contributed by atoms with Crippen molar-refractivity contribution in [2.45, 2.75) is 52.1 Å². The third-order valence-electron chi connectivity index (χ3n) is 3.78. The molecule has 2 rings (SSSR count). The van der Waals surface area contributed by atoms with Gasteiger partial charge >= 0.3 is 0 Å². The van der Waals surface area contributed by atoms with E-state index in [1.807, 2.05) is 11.7 Å². The van der Waals surface area contributed by atoms with Gasteiger partial charge in [-0.2, -0.15) is 5.10 Å². The van der Waals surface area contributed by atoms with Crippen molar-refractivity contribution in [2.24, 2.45) is 7.05 Å². The Labute approximate surface area is 109 Å². The second-order valence-corrected chi connectivity index (χ2v) is 5.28. The second kappa shape index (κ2) is 5.65. The minimum Gasteiger partial charge on any atom is -0.300 e. The molecule has 0 aliphatic carbocycles. The molecule has 4 nitrogen and oxygen atoms in total. The lowest BCUT2D eigenvalue weighted by Gasteiger charge is -2.23. The molecule has 1 aromatic rings. The number of rotatable bonds is 5. The van der Waals surface area contributed by atoms with E-state index in [1.54, 1.807) is 6.92 Å². The Morgan fingerprint density at radius 1 is 1.56 bits per heavy atom. The molecule has 0 amide bonds. The van der Waals surface area contributed by atoms with E-state index in [0.717, 1.165) is 31.6 Å². The monoisotopic (exact) mass is 249 g/mol. The molecule has 0 radical (unpaired) electrons. The summed E-state index contributed by atoms with van der Waals surface area (Å²) in [6.45, 7) is 5.84. The van der Waals surface area contributed by atoms with Crippen LogP contribution in [0.25, 0.3) is 0 Å². The maximum atomic E-state index is 11.3. The predicted octanol–water partition coefficient (Wildman–Crippen LogP) is 1.93. The molecule has 1 fully saturated rings. The maximum absolute atomic E-state index is 11.3. The van der Waals surface area contributed by atoms with Crippen molar-refractivity contribution in [3.05, 3.63) is 17.5 Å². The number of ketones is 1. The van der Waals surface area contributed by atoms with Gasteiger partial charge in [0.25, 0.3) is 0 Å². The van der Waals surface area contributed by atoms with Crippen molar-refractivity contribution >= 4 is 5.78 Å². The van der Waals surface area contributed by atoms with Crippen LogP contribution in [0.1, 0.15) is 44.5 Å². The second-order valence-electron chi connectivity index (χ2n) is 5.28. The first kappa shape index (κ1) is 13.3. The van der Waals surface area contributed by atoms with Crippen LogP contribution in [0.4, 0.5) is 0 Å². The van der Waals surface area contributed by atoms with Gasteiger partial charge in [-0.25, -0.2) is 0 Å². The number of aryl methyl sites for hydroxylation is 2. The topological polar surface area (TPSA) is 38.1 Å². The summed E-state index contributed by atoms with van der Waals surface area (Å²) in [6.07, 6.45) is 4.03. The smallest absolute Gasteiger partial charge is 0.131 e. The highest BCUT2D eigenvalue weighted by molar-refractivity contribution is 5.76. The SMILES string of the molecule is CCc1cc(CN2CCCC2CC(C)=O)n(C)n1. The largest absolute Gasteiger partial charge is 0.300 e. The molecule has 2 heterocycles. The number of hydrogen-bond acceptors (Lipinski definition) is 3. The standard InChI is InChI=1S/C14H23N3O/c1-4-12-9-14(16(3)15-12)10-17-7-5-6-13(17)8-11(2)18/h9,13H,4-8,10H2,1-3H3. The van der Waals surface area contributed by atoms with Gasteiger partial charge in [-0.15, -0.1) is 0 Å². The first-order valence-corrected chi connectivity index (χ1v) is 6.85. The van der Waals surface area contributed by atoms with E-state index in [1.165, 1.54) is 12.1 Å². The third kappa shape index (κ3) is 2.99. The molecule has 0 saturated carbocycles. The van der Waals surface area contributed by atoms with Crippen LogP contribution < -0.4 is 0 Å². The first-order chi connectivity index (χ1) is 8.60. The molecule has 4 heteroatoms. The number of hydrogen-bond donors (Lipinski definition) is 0. The van der Waals surface area contributed by atoms with Gasteiger partial charge in [0.1, 0.15) is 5.78 Å². The molecular weight excluding hydrogens is 226 g/mol. The van der Waals surface area contributed by atoms with Crippen LogP contribution in [0.5, 0.6) is 0 Å². The molecule has 1 atom stereocenters. The summed E-state index contributed by atoms with van der Waals surface area (Å²) in [7, 11) is 2.00. The van der Waals surface area contributed by atoms with Crippen molar-refractivity contribution in [1.82, 2.24) is 14.7 Å². The van der Waals surface area contributed by atoms with E-state index in [2.05, 4.69) is 23.0 Å². The molecule has 0 bridgehead atoms. The molecule has 18 heavy (non-hydrogen) atoms. The van der Waals surface area contributed by atoms with E-state index >= 15 is 0 Å². The summed E-state index contributed by atoms with van der Waals surface area (Å²) in [6, 6.07) is 2.62. The van der Waals surface area contributed by atoms with Crippen LogP contribution in [-0.2, 0) is 24.8 Å².